The minimum absolute atomic E-state index is 0.183. The van der Waals surface area contributed by atoms with Gasteiger partial charge in [0.15, 0.2) is 0 Å². The van der Waals surface area contributed by atoms with E-state index in [-0.39, 0.29) is 24.5 Å². The molecule has 4 nitrogen and oxygen atoms in total. The van der Waals surface area contributed by atoms with Crippen LogP contribution in [0, 0.1) is 17.5 Å². The molecule has 0 bridgehead atoms. The van der Waals surface area contributed by atoms with Gasteiger partial charge in [-0.2, -0.15) is 0 Å². The van der Waals surface area contributed by atoms with Gasteiger partial charge in [0.05, 0.1) is 18.7 Å². The van der Waals surface area contributed by atoms with E-state index >= 15 is 0 Å². The highest BCUT2D eigenvalue weighted by Gasteiger charge is 2.35. The molecule has 2 unspecified atom stereocenters. The monoisotopic (exact) mass is 378 g/mol. The molecule has 1 aliphatic rings. The van der Waals surface area contributed by atoms with Gasteiger partial charge in [-0.05, 0) is 43.9 Å². The predicted molar refractivity (Wildman–Crippen MR) is 94.5 cm³/mol. The van der Waals surface area contributed by atoms with Crippen LogP contribution in [0.25, 0.3) is 0 Å². The summed E-state index contributed by atoms with van der Waals surface area (Å²) in [6.07, 6.45) is -0.494. The third-order valence-electron chi connectivity index (χ3n) is 4.62. The van der Waals surface area contributed by atoms with Gasteiger partial charge in [0, 0.05) is 6.54 Å². The van der Waals surface area contributed by atoms with Crippen molar-refractivity contribution in [3.8, 4) is 0 Å². The number of carbonyl (C=O) groups excluding carboxylic acids is 1. The van der Waals surface area contributed by atoms with Crippen LogP contribution in [0.15, 0.2) is 42.5 Å². The molecule has 27 heavy (non-hydrogen) atoms. The summed E-state index contributed by atoms with van der Waals surface area (Å²) in [6.45, 7) is 0.737. The van der Waals surface area contributed by atoms with Crippen molar-refractivity contribution in [3.63, 3.8) is 0 Å². The molecule has 1 aliphatic heterocycles. The average molecular weight is 378 g/mol. The van der Waals surface area contributed by atoms with Crippen LogP contribution in [-0.2, 0) is 9.53 Å². The van der Waals surface area contributed by atoms with Crippen LogP contribution in [0.3, 0.4) is 0 Å². The Labute approximate surface area is 156 Å². The topological polar surface area (TPSA) is 32.8 Å². The van der Waals surface area contributed by atoms with E-state index in [4.69, 9.17) is 4.74 Å². The third kappa shape index (κ3) is 4.14. The van der Waals surface area contributed by atoms with Crippen molar-refractivity contribution >= 4 is 5.91 Å². The molecule has 3 rings (SSSR count). The fourth-order valence-electron chi connectivity index (χ4n) is 3.31. The van der Waals surface area contributed by atoms with Gasteiger partial charge in [-0.25, -0.2) is 13.2 Å². The number of ether oxygens (including phenoxy) is 1. The maximum absolute atomic E-state index is 14.3. The van der Waals surface area contributed by atoms with Gasteiger partial charge in [0.2, 0.25) is 5.91 Å². The molecule has 2 aromatic rings. The van der Waals surface area contributed by atoms with Crippen LogP contribution in [0.4, 0.5) is 13.2 Å². The first-order chi connectivity index (χ1) is 12.9. The van der Waals surface area contributed by atoms with Gasteiger partial charge >= 0.3 is 0 Å². The number of amides is 1. The van der Waals surface area contributed by atoms with E-state index in [1.807, 2.05) is 0 Å². The first kappa shape index (κ1) is 19.4. The lowest BCUT2D eigenvalue weighted by molar-refractivity contribution is -0.144. The number of benzene rings is 2. The number of halogens is 3. The van der Waals surface area contributed by atoms with Crippen LogP contribution in [0.1, 0.15) is 23.3 Å². The molecule has 1 fully saturated rings. The van der Waals surface area contributed by atoms with Gasteiger partial charge < -0.3 is 9.64 Å². The van der Waals surface area contributed by atoms with Gasteiger partial charge in [-0.15, -0.1) is 0 Å². The summed E-state index contributed by atoms with van der Waals surface area (Å²) in [5, 5.41) is 0. The molecule has 144 valence electrons. The highest BCUT2D eigenvalue weighted by Crippen LogP contribution is 2.29. The molecule has 2 aromatic carbocycles. The Hall–Kier alpha value is -2.38. The Kier molecular flexibility index (Phi) is 5.82. The van der Waals surface area contributed by atoms with Crippen LogP contribution in [0.2, 0.25) is 0 Å². The molecule has 1 saturated heterocycles. The van der Waals surface area contributed by atoms with Crippen molar-refractivity contribution in [2.24, 2.45) is 0 Å². The smallest absolute Gasteiger partial charge is 0.244 e. The number of hydrogen-bond donors (Lipinski definition) is 0. The number of nitrogens with zero attached hydrogens (tertiary/aromatic N) is 2. The van der Waals surface area contributed by atoms with Crippen molar-refractivity contribution in [2.45, 2.75) is 12.1 Å². The number of rotatable bonds is 4. The Bertz CT molecular complexity index is 808. The molecule has 0 spiro atoms. The molecule has 0 N–H and O–H groups in total. The molecule has 0 aliphatic carbocycles. The van der Waals surface area contributed by atoms with Crippen molar-refractivity contribution < 1.29 is 22.7 Å². The summed E-state index contributed by atoms with van der Waals surface area (Å²) in [7, 11) is 3.19. The summed E-state index contributed by atoms with van der Waals surface area (Å²) in [5.41, 5.74) is 0.340. The highest BCUT2D eigenvalue weighted by molar-refractivity contribution is 5.83. The van der Waals surface area contributed by atoms with E-state index in [2.05, 4.69) is 0 Å². The first-order valence-electron chi connectivity index (χ1n) is 8.64. The second-order valence-corrected chi connectivity index (χ2v) is 6.70. The molecule has 1 amide bonds. The number of likely N-dealkylation sites (N-methyl/N-ethyl adjacent to an activating group) is 1. The largest absolute Gasteiger partial charge is 0.370 e. The van der Waals surface area contributed by atoms with E-state index in [0.717, 1.165) is 12.1 Å². The molecule has 0 radical (unpaired) electrons. The zero-order valence-electron chi connectivity index (χ0n) is 15.2. The summed E-state index contributed by atoms with van der Waals surface area (Å²) in [4.78, 5) is 16.1. The number of morpholine rings is 1. The van der Waals surface area contributed by atoms with Crippen molar-refractivity contribution in [1.29, 1.82) is 0 Å². The summed E-state index contributed by atoms with van der Waals surface area (Å²) in [5.74, 6) is -2.35. The Morgan fingerprint density at radius 1 is 1.15 bits per heavy atom. The lowest BCUT2D eigenvalue weighted by atomic mass is 10.0. The molecule has 1 heterocycles. The molecular weight excluding hydrogens is 357 g/mol. The number of carbonyl (C=O) groups is 1. The van der Waals surface area contributed by atoms with Gasteiger partial charge in [-0.3, -0.25) is 9.69 Å². The molecule has 0 aromatic heterocycles. The van der Waals surface area contributed by atoms with E-state index in [1.165, 1.54) is 28.0 Å². The Morgan fingerprint density at radius 2 is 1.81 bits per heavy atom. The van der Waals surface area contributed by atoms with Crippen LogP contribution < -0.4 is 0 Å². The van der Waals surface area contributed by atoms with Crippen LogP contribution in [0.5, 0.6) is 0 Å². The minimum atomic E-state index is -1.10. The van der Waals surface area contributed by atoms with Gasteiger partial charge in [-0.1, -0.05) is 18.2 Å². The van der Waals surface area contributed by atoms with E-state index in [1.54, 1.807) is 26.2 Å². The zero-order chi connectivity index (χ0) is 19.6. The summed E-state index contributed by atoms with van der Waals surface area (Å²) in [6, 6.07) is 8.43. The lowest BCUT2D eigenvalue weighted by Crippen LogP contribution is -2.47. The van der Waals surface area contributed by atoms with Gasteiger partial charge in [0.1, 0.15) is 29.6 Å². The fraction of sp³-hybridized carbons (Fsp3) is 0.350. The maximum atomic E-state index is 14.3. The van der Waals surface area contributed by atoms with Crippen molar-refractivity contribution in [2.75, 3.05) is 33.8 Å². The summed E-state index contributed by atoms with van der Waals surface area (Å²) >= 11 is 0. The predicted octanol–water partition coefficient (Wildman–Crippen LogP) is 3.31. The Morgan fingerprint density at radius 3 is 2.44 bits per heavy atom. The quantitative estimate of drug-likeness (QED) is 0.818. The zero-order valence-corrected chi connectivity index (χ0v) is 15.2. The van der Waals surface area contributed by atoms with Crippen LogP contribution in [-0.4, -0.2) is 49.5 Å². The molecule has 7 heteroatoms. The minimum Gasteiger partial charge on any atom is -0.370 e. The van der Waals surface area contributed by atoms with E-state index in [9.17, 15) is 18.0 Å². The van der Waals surface area contributed by atoms with Crippen molar-refractivity contribution in [1.82, 2.24) is 9.80 Å². The van der Waals surface area contributed by atoms with Crippen LogP contribution >= 0.6 is 0 Å². The fourth-order valence-corrected chi connectivity index (χ4v) is 3.31. The average Bonchev–Trinajstić information content (AvgIpc) is 2.64. The van der Waals surface area contributed by atoms with E-state index in [0.29, 0.717) is 12.1 Å². The molecule has 0 saturated carbocycles. The molecule has 2 atom stereocenters. The maximum Gasteiger partial charge on any atom is 0.244 e. The van der Waals surface area contributed by atoms with E-state index < -0.39 is 29.7 Å². The third-order valence-corrected chi connectivity index (χ3v) is 4.62. The SMILES string of the molecule is CN(C)C(C(=O)N1CCOC(c2cccc(F)c2)C1)c1c(F)cccc1F. The lowest BCUT2D eigenvalue weighted by Gasteiger charge is -2.37. The second-order valence-electron chi connectivity index (χ2n) is 6.70. The standard InChI is InChI=1S/C20H21F3N2O2/c1-24(2)19(18-15(22)7-4-8-16(18)23)20(26)25-9-10-27-17(12-25)13-5-3-6-14(21)11-13/h3-8,11,17,19H,9-10,12H2,1-2H3. The summed E-state index contributed by atoms with van der Waals surface area (Å²) < 4.78 is 47.7. The molecular formula is C20H21F3N2O2. The Balaban J connectivity index is 1.86. The second kappa shape index (κ2) is 8.10. The number of hydrogen-bond acceptors (Lipinski definition) is 3. The normalized spacial score (nSPS) is 18.6. The van der Waals surface area contributed by atoms with Crippen molar-refractivity contribution in [3.05, 3.63) is 71.0 Å². The first-order valence-corrected chi connectivity index (χ1v) is 8.64. The van der Waals surface area contributed by atoms with Gasteiger partial charge in [0.25, 0.3) is 0 Å². The highest BCUT2D eigenvalue weighted by atomic mass is 19.1.